The summed E-state index contributed by atoms with van der Waals surface area (Å²) in [5.74, 6) is 0.888. The Morgan fingerprint density at radius 3 is 2.04 bits per heavy atom. The van der Waals surface area contributed by atoms with Gasteiger partial charge in [0.25, 0.3) is 0 Å². The molecule has 0 atom stereocenters. The molecule has 0 radical (unpaired) electrons. The summed E-state index contributed by atoms with van der Waals surface area (Å²) in [4.78, 5) is 8.12. The molecule has 0 saturated heterocycles. The van der Waals surface area contributed by atoms with Gasteiger partial charge in [-0.3, -0.25) is 0 Å². The van der Waals surface area contributed by atoms with Crippen LogP contribution in [0.5, 0.6) is 23.4 Å². The molecule has 0 spiro atoms. The number of hydrogen-bond donors (Lipinski definition) is 0. The van der Waals surface area contributed by atoms with Crippen LogP contribution < -0.4 is 9.47 Å². The third-order valence-electron chi connectivity index (χ3n) is 3.04. The Hall–Kier alpha value is -3.32. The highest BCUT2D eigenvalue weighted by Gasteiger charge is 2.08. The summed E-state index contributed by atoms with van der Waals surface area (Å²) in [7, 11) is 0. The Morgan fingerprint density at radius 1 is 0.808 bits per heavy atom. The number of halogens is 2. The van der Waals surface area contributed by atoms with Gasteiger partial charge in [-0.15, -0.1) is 0 Å². The van der Waals surface area contributed by atoms with Gasteiger partial charge in [-0.05, 0) is 36.4 Å². The maximum Gasteiger partial charge on any atom is 0.325 e. The molecule has 3 aromatic rings. The minimum Gasteiger partial charge on any atom is -0.439 e. The lowest BCUT2D eigenvalue weighted by molar-refractivity contribution is 0.411. The van der Waals surface area contributed by atoms with Gasteiger partial charge in [0.1, 0.15) is 11.5 Å². The van der Waals surface area contributed by atoms with Gasteiger partial charge < -0.3 is 9.47 Å². The minimum absolute atomic E-state index is 0.00500. The first-order chi connectivity index (χ1) is 12.6. The number of benzene rings is 2. The van der Waals surface area contributed by atoms with E-state index < -0.39 is 0 Å². The van der Waals surface area contributed by atoms with Crippen LogP contribution in [-0.4, -0.2) is 9.97 Å². The molecule has 1 heterocycles. The van der Waals surface area contributed by atoms with Gasteiger partial charge in [-0.1, -0.05) is 23.2 Å². The predicted octanol–water partition coefficient (Wildman–Crippen LogP) is 5.11. The van der Waals surface area contributed by atoms with E-state index in [9.17, 15) is 0 Å². The number of nitrogens with zero attached hydrogens (tertiary/aromatic N) is 4. The van der Waals surface area contributed by atoms with Gasteiger partial charge in [-0.2, -0.15) is 15.5 Å². The van der Waals surface area contributed by atoms with Crippen molar-refractivity contribution in [1.29, 1.82) is 10.5 Å². The van der Waals surface area contributed by atoms with E-state index >= 15 is 0 Å². The molecule has 0 N–H and O–H groups in total. The van der Waals surface area contributed by atoms with Gasteiger partial charge in [0.05, 0.1) is 23.3 Å². The van der Waals surface area contributed by atoms with Crippen molar-refractivity contribution in [2.45, 2.75) is 0 Å². The lowest BCUT2D eigenvalue weighted by atomic mass is 10.1. The van der Waals surface area contributed by atoms with Crippen LogP contribution in [-0.2, 0) is 0 Å². The first-order valence-corrected chi connectivity index (χ1v) is 7.91. The van der Waals surface area contributed by atoms with E-state index in [4.69, 9.17) is 43.2 Å². The first-order valence-electron chi connectivity index (χ1n) is 7.16. The van der Waals surface area contributed by atoms with Crippen molar-refractivity contribution in [2.75, 3.05) is 0 Å². The summed E-state index contributed by atoms with van der Waals surface area (Å²) in [5, 5.41) is 18.9. The maximum absolute atomic E-state index is 9.01. The Balaban J connectivity index is 1.84. The van der Waals surface area contributed by atoms with Crippen LogP contribution >= 0.6 is 23.2 Å². The topological polar surface area (TPSA) is 91.8 Å². The molecule has 0 bridgehead atoms. The fourth-order valence-electron chi connectivity index (χ4n) is 2.03. The summed E-state index contributed by atoms with van der Waals surface area (Å²) in [6.07, 6.45) is 1.45. The number of aromatic nitrogens is 2. The van der Waals surface area contributed by atoms with E-state index in [1.165, 1.54) is 30.5 Å². The molecule has 3 rings (SSSR count). The molecule has 26 heavy (non-hydrogen) atoms. The Morgan fingerprint density at radius 2 is 1.42 bits per heavy atom. The van der Waals surface area contributed by atoms with Gasteiger partial charge >= 0.3 is 6.01 Å². The molecule has 0 fully saturated rings. The third kappa shape index (κ3) is 4.40. The fraction of sp³-hybridized carbons (Fsp3) is 0. The Bertz CT molecular complexity index is 1010. The van der Waals surface area contributed by atoms with Gasteiger partial charge in [-0.25, -0.2) is 4.98 Å². The number of ether oxygens (including phenoxy) is 2. The third-order valence-corrected chi connectivity index (χ3v) is 3.48. The quantitative estimate of drug-likeness (QED) is 0.622. The molecule has 2 aromatic carbocycles. The van der Waals surface area contributed by atoms with E-state index in [1.807, 2.05) is 12.1 Å². The smallest absolute Gasteiger partial charge is 0.325 e. The Labute approximate surface area is 158 Å². The van der Waals surface area contributed by atoms with Crippen molar-refractivity contribution in [3.63, 3.8) is 0 Å². The van der Waals surface area contributed by atoms with E-state index in [2.05, 4.69) is 9.97 Å². The van der Waals surface area contributed by atoms with Crippen molar-refractivity contribution >= 4 is 23.2 Å². The van der Waals surface area contributed by atoms with Crippen molar-refractivity contribution in [3.05, 3.63) is 69.8 Å². The molecule has 0 aliphatic carbocycles. The highest BCUT2D eigenvalue weighted by atomic mass is 35.5. The standard InChI is InChI=1S/C18H8Cl2N4O2/c19-13-6-14(20)8-16(7-13)25-17-1-2-23-18(24-17)26-15-4-11(9-21)3-12(5-15)10-22/h1-8H. The lowest BCUT2D eigenvalue weighted by Crippen LogP contribution is -1.95. The number of nitriles is 2. The molecule has 126 valence electrons. The normalized spacial score (nSPS) is 9.85. The SMILES string of the molecule is N#Cc1cc(C#N)cc(Oc2nccc(Oc3cc(Cl)cc(Cl)c3)n2)c1. The molecular weight excluding hydrogens is 375 g/mol. The second kappa shape index (κ2) is 7.71. The second-order valence-corrected chi connectivity index (χ2v) is 5.83. The van der Waals surface area contributed by atoms with Crippen molar-refractivity contribution in [3.8, 4) is 35.5 Å². The average molecular weight is 383 g/mol. The highest BCUT2D eigenvalue weighted by Crippen LogP contribution is 2.28. The summed E-state index contributed by atoms with van der Waals surface area (Å²) >= 11 is 11.9. The first kappa shape index (κ1) is 17.5. The molecule has 0 aliphatic rings. The van der Waals surface area contributed by atoms with Crippen molar-refractivity contribution in [2.24, 2.45) is 0 Å². The monoisotopic (exact) mass is 382 g/mol. The maximum atomic E-state index is 9.01. The lowest BCUT2D eigenvalue weighted by Gasteiger charge is -2.08. The van der Waals surface area contributed by atoms with Crippen molar-refractivity contribution < 1.29 is 9.47 Å². The summed E-state index contributed by atoms with van der Waals surface area (Å²) in [6.45, 7) is 0. The van der Waals surface area contributed by atoms with E-state index in [0.29, 0.717) is 26.9 Å². The molecule has 1 aromatic heterocycles. The average Bonchev–Trinajstić information content (AvgIpc) is 2.60. The van der Waals surface area contributed by atoms with Gasteiger partial charge in [0.2, 0.25) is 5.88 Å². The van der Waals surface area contributed by atoms with Gasteiger partial charge in [0.15, 0.2) is 0 Å². The molecule has 0 amide bonds. The minimum atomic E-state index is -0.00500. The van der Waals surface area contributed by atoms with Crippen LogP contribution in [0.1, 0.15) is 11.1 Å². The summed E-state index contributed by atoms with van der Waals surface area (Å²) in [5.41, 5.74) is 0.583. The zero-order valence-corrected chi connectivity index (χ0v) is 14.5. The molecule has 0 aliphatic heterocycles. The molecule has 0 unspecified atom stereocenters. The molecule has 8 heteroatoms. The van der Waals surface area contributed by atoms with Crippen molar-refractivity contribution in [1.82, 2.24) is 9.97 Å². The van der Waals surface area contributed by atoms with E-state index in [-0.39, 0.29) is 17.6 Å². The fourth-order valence-corrected chi connectivity index (χ4v) is 2.54. The van der Waals surface area contributed by atoms with Crippen LogP contribution in [0.25, 0.3) is 0 Å². The van der Waals surface area contributed by atoms with Crippen LogP contribution in [0.15, 0.2) is 48.7 Å². The summed E-state index contributed by atoms with van der Waals surface area (Å²) in [6, 6.07) is 14.6. The van der Waals surface area contributed by atoms with Crippen LogP contribution in [0.3, 0.4) is 0 Å². The zero-order chi connectivity index (χ0) is 18.5. The molecule has 6 nitrogen and oxygen atoms in total. The second-order valence-electron chi connectivity index (χ2n) is 4.96. The number of rotatable bonds is 4. The Kier molecular flexibility index (Phi) is 5.19. The zero-order valence-electron chi connectivity index (χ0n) is 13.0. The largest absolute Gasteiger partial charge is 0.439 e. The van der Waals surface area contributed by atoms with E-state index in [1.54, 1.807) is 18.2 Å². The molecular formula is C18H8Cl2N4O2. The van der Waals surface area contributed by atoms with Crippen LogP contribution in [0.4, 0.5) is 0 Å². The van der Waals surface area contributed by atoms with Gasteiger partial charge in [0, 0.05) is 22.3 Å². The van der Waals surface area contributed by atoms with Crippen LogP contribution in [0.2, 0.25) is 10.0 Å². The highest BCUT2D eigenvalue weighted by molar-refractivity contribution is 6.34. The van der Waals surface area contributed by atoms with E-state index in [0.717, 1.165) is 0 Å². The predicted molar refractivity (Wildman–Crippen MR) is 94.5 cm³/mol. The number of hydrogen-bond acceptors (Lipinski definition) is 6. The van der Waals surface area contributed by atoms with Crippen LogP contribution in [0, 0.1) is 22.7 Å². The molecule has 0 saturated carbocycles. The summed E-state index contributed by atoms with van der Waals surface area (Å²) < 4.78 is 11.1.